The number of nitrogens with one attached hydrogen (secondary N) is 2. The highest BCUT2D eigenvalue weighted by Crippen LogP contribution is 2.35. The van der Waals surface area contributed by atoms with Crippen molar-refractivity contribution in [1.82, 2.24) is 10.6 Å². The molecule has 0 bridgehead atoms. The number of amides is 1. The highest BCUT2D eigenvalue weighted by Gasteiger charge is 2.35. The summed E-state index contributed by atoms with van der Waals surface area (Å²) in [4.78, 5) is 13.2. The van der Waals surface area contributed by atoms with E-state index in [-0.39, 0.29) is 24.2 Å². The topological polar surface area (TPSA) is 53.6 Å². The normalized spacial score (nSPS) is 16.7. The Morgan fingerprint density at radius 1 is 1.25 bits per heavy atom. The Labute approximate surface area is 187 Å². The van der Waals surface area contributed by atoms with Gasteiger partial charge in [0, 0.05) is 39.3 Å². The third-order valence-electron chi connectivity index (χ3n) is 5.48. The number of methoxy groups -OCH3 is 1. The van der Waals surface area contributed by atoms with E-state index < -0.39 is 17.6 Å². The molecule has 9 heteroatoms. The SMILES string of the molecule is CCCN(CCNCC=C1CCC(NC(=O)COC)CC1)c1cccc(C(F)(F)F)c1F. The van der Waals surface area contributed by atoms with Crippen molar-refractivity contribution < 1.29 is 27.1 Å². The number of benzene rings is 1. The maximum Gasteiger partial charge on any atom is 0.419 e. The van der Waals surface area contributed by atoms with Crippen molar-refractivity contribution in [1.29, 1.82) is 0 Å². The van der Waals surface area contributed by atoms with Gasteiger partial charge in [0.2, 0.25) is 5.91 Å². The molecule has 1 saturated carbocycles. The van der Waals surface area contributed by atoms with Gasteiger partial charge in [-0.25, -0.2) is 4.39 Å². The van der Waals surface area contributed by atoms with Gasteiger partial charge in [-0.3, -0.25) is 4.79 Å². The van der Waals surface area contributed by atoms with E-state index in [4.69, 9.17) is 4.74 Å². The molecule has 0 heterocycles. The van der Waals surface area contributed by atoms with Gasteiger partial charge in [-0.2, -0.15) is 13.2 Å². The predicted octanol–water partition coefficient (Wildman–Crippen LogP) is 4.28. The number of nitrogens with zero attached hydrogens (tertiary/aromatic N) is 1. The fourth-order valence-electron chi connectivity index (χ4n) is 3.88. The van der Waals surface area contributed by atoms with Crippen molar-refractivity contribution in [2.24, 2.45) is 0 Å². The van der Waals surface area contributed by atoms with Crippen LogP contribution in [0.25, 0.3) is 0 Å². The second-order valence-electron chi connectivity index (χ2n) is 7.96. The zero-order chi connectivity index (χ0) is 23.6. The number of ether oxygens (including phenoxy) is 1. The maximum atomic E-state index is 14.5. The Morgan fingerprint density at radius 3 is 2.59 bits per heavy atom. The minimum absolute atomic E-state index is 0.0179. The first-order valence-corrected chi connectivity index (χ1v) is 11.0. The van der Waals surface area contributed by atoms with Crippen LogP contribution < -0.4 is 15.5 Å². The zero-order valence-electron chi connectivity index (χ0n) is 18.7. The third-order valence-corrected chi connectivity index (χ3v) is 5.48. The number of hydrogen-bond acceptors (Lipinski definition) is 4. The van der Waals surface area contributed by atoms with E-state index in [9.17, 15) is 22.4 Å². The summed E-state index contributed by atoms with van der Waals surface area (Å²) in [5.74, 6) is -1.31. The molecular weight excluding hydrogens is 426 g/mol. The van der Waals surface area contributed by atoms with Crippen LogP contribution in [-0.4, -0.2) is 51.8 Å². The molecule has 5 nitrogen and oxygen atoms in total. The van der Waals surface area contributed by atoms with Gasteiger partial charge in [-0.1, -0.05) is 24.6 Å². The Bertz CT molecular complexity index is 758. The molecule has 0 unspecified atom stereocenters. The number of allylic oxidation sites excluding steroid dienone is 1. The molecule has 0 spiro atoms. The van der Waals surface area contributed by atoms with E-state index >= 15 is 0 Å². The molecule has 1 aliphatic rings. The van der Waals surface area contributed by atoms with Crippen molar-refractivity contribution in [3.63, 3.8) is 0 Å². The molecule has 180 valence electrons. The summed E-state index contributed by atoms with van der Waals surface area (Å²) in [7, 11) is 1.49. The van der Waals surface area contributed by atoms with Crippen LogP contribution in [0.1, 0.15) is 44.6 Å². The van der Waals surface area contributed by atoms with E-state index in [2.05, 4.69) is 16.7 Å². The molecule has 1 aromatic rings. The summed E-state index contributed by atoms with van der Waals surface area (Å²) in [5.41, 5.74) is 0.0718. The first-order chi connectivity index (χ1) is 15.3. The molecule has 2 N–H and O–H groups in total. The van der Waals surface area contributed by atoms with Gasteiger partial charge in [-0.15, -0.1) is 0 Å². The number of anilines is 1. The van der Waals surface area contributed by atoms with Crippen molar-refractivity contribution in [2.45, 2.75) is 51.2 Å². The summed E-state index contributed by atoms with van der Waals surface area (Å²) in [6.07, 6.45) is 1.72. The average molecular weight is 460 g/mol. The number of carbonyl (C=O) groups excluding carboxylic acids is 1. The highest BCUT2D eigenvalue weighted by molar-refractivity contribution is 5.77. The Hall–Kier alpha value is -2.13. The van der Waals surface area contributed by atoms with Crippen LogP contribution >= 0.6 is 0 Å². The fraction of sp³-hybridized carbons (Fsp3) is 0.609. The lowest BCUT2D eigenvalue weighted by Crippen LogP contribution is -2.38. The molecule has 0 atom stereocenters. The molecular formula is C23H33F4N3O2. The van der Waals surface area contributed by atoms with E-state index in [1.54, 1.807) is 4.90 Å². The molecule has 0 radical (unpaired) electrons. The first-order valence-electron chi connectivity index (χ1n) is 11.0. The standard InChI is InChI=1S/C23H33F4N3O2/c1-3-14-30(20-6-4-5-19(22(20)24)23(25,26)27)15-13-28-12-11-17-7-9-18(10-8-17)29-21(31)16-32-2/h4-6,11,18,28H,3,7-10,12-16H2,1-2H3,(H,29,31). The summed E-state index contributed by atoms with van der Waals surface area (Å²) < 4.78 is 58.4. The average Bonchev–Trinajstić information content (AvgIpc) is 2.73. The van der Waals surface area contributed by atoms with Crippen LogP contribution in [0.15, 0.2) is 29.8 Å². The number of carbonyl (C=O) groups is 1. The van der Waals surface area contributed by atoms with E-state index in [0.29, 0.717) is 32.6 Å². The smallest absolute Gasteiger partial charge is 0.375 e. The van der Waals surface area contributed by atoms with E-state index in [0.717, 1.165) is 31.7 Å². The van der Waals surface area contributed by atoms with Gasteiger partial charge in [0.15, 0.2) is 5.82 Å². The Morgan fingerprint density at radius 2 is 1.97 bits per heavy atom. The monoisotopic (exact) mass is 459 g/mol. The van der Waals surface area contributed by atoms with Crippen LogP contribution in [0.2, 0.25) is 0 Å². The van der Waals surface area contributed by atoms with Crippen LogP contribution in [0.4, 0.5) is 23.2 Å². The summed E-state index contributed by atoms with van der Waals surface area (Å²) in [6.45, 7) is 4.02. The molecule has 0 aromatic heterocycles. The summed E-state index contributed by atoms with van der Waals surface area (Å²) in [6, 6.07) is 3.58. The molecule has 1 amide bonds. The third kappa shape index (κ3) is 8.09. The van der Waals surface area contributed by atoms with Crippen molar-refractivity contribution in [2.75, 3.05) is 44.8 Å². The quantitative estimate of drug-likeness (QED) is 0.295. The second-order valence-corrected chi connectivity index (χ2v) is 7.96. The largest absolute Gasteiger partial charge is 0.419 e. The van der Waals surface area contributed by atoms with Crippen LogP contribution in [0.3, 0.4) is 0 Å². The lowest BCUT2D eigenvalue weighted by atomic mass is 9.90. The van der Waals surface area contributed by atoms with Gasteiger partial charge >= 0.3 is 6.18 Å². The van der Waals surface area contributed by atoms with Gasteiger partial charge in [0.05, 0.1) is 11.3 Å². The number of hydrogen-bond donors (Lipinski definition) is 2. The lowest BCUT2D eigenvalue weighted by Gasteiger charge is -2.26. The predicted molar refractivity (Wildman–Crippen MR) is 117 cm³/mol. The van der Waals surface area contributed by atoms with E-state index in [1.165, 1.54) is 24.8 Å². The fourth-order valence-corrected chi connectivity index (χ4v) is 3.88. The second kappa shape index (κ2) is 12.8. The Balaban J connectivity index is 1.80. The van der Waals surface area contributed by atoms with Crippen LogP contribution in [0, 0.1) is 5.82 Å². The van der Waals surface area contributed by atoms with Crippen LogP contribution in [0.5, 0.6) is 0 Å². The Kier molecular flexibility index (Phi) is 10.4. The maximum absolute atomic E-state index is 14.5. The molecule has 0 saturated heterocycles. The summed E-state index contributed by atoms with van der Waals surface area (Å²) >= 11 is 0. The zero-order valence-corrected chi connectivity index (χ0v) is 18.7. The number of alkyl halides is 3. The first kappa shape index (κ1) is 26.1. The minimum atomic E-state index is -4.71. The van der Waals surface area contributed by atoms with Gasteiger partial charge < -0.3 is 20.3 Å². The lowest BCUT2D eigenvalue weighted by molar-refractivity contribution is -0.140. The molecule has 0 aliphatic heterocycles. The summed E-state index contributed by atoms with van der Waals surface area (Å²) in [5, 5.41) is 6.23. The van der Waals surface area contributed by atoms with Gasteiger partial charge in [0.25, 0.3) is 0 Å². The number of rotatable bonds is 11. The van der Waals surface area contributed by atoms with Gasteiger partial charge in [0.1, 0.15) is 6.61 Å². The molecule has 1 fully saturated rings. The highest BCUT2D eigenvalue weighted by atomic mass is 19.4. The molecule has 32 heavy (non-hydrogen) atoms. The van der Waals surface area contributed by atoms with Gasteiger partial charge in [-0.05, 0) is 44.2 Å². The van der Waals surface area contributed by atoms with Crippen molar-refractivity contribution in [3.8, 4) is 0 Å². The van der Waals surface area contributed by atoms with E-state index in [1.807, 2.05) is 6.92 Å². The van der Waals surface area contributed by atoms with Crippen molar-refractivity contribution >= 4 is 11.6 Å². The molecule has 2 rings (SSSR count). The number of halogens is 4. The molecule has 1 aromatic carbocycles. The molecule has 1 aliphatic carbocycles. The minimum Gasteiger partial charge on any atom is -0.375 e. The van der Waals surface area contributed by atoms with Crippen molar-refractivity contribution in [3.05, 3.63) is 41.2 Å². The van der Waals surface area contributed by atoms with Crippen LogP contribution in [-0.2, 0) is 15.7 Å².